The van der Waals surface area contributed by atoms with Gasteiger partial charge >= 0.3 is 5.97 Å². The van der Waals surface area contributed by atoms with E-state index in [9.17, 15) is 9.90 Å². The van der Waals surface area contributed by atoms with Crippen LogP contribution >= 0.6 is 0 Å². The number of carboxylic acid groups (broad SMARTS) is 1. The zero-order valence-corrected chi connectivity index (χ0v) is 18.8. The molecule has 0 unspecified atom stereocenters. The number of aromatic nitrogens is 1. The number of carboxylic acids is 1. The number of hydrogen-bond donors (Lipinski definition) is 2. The van der Waals surface area contributed by atoms with E-state index in [-0.39, 0.29) is 0 Å². The molecule has 1 aromatic heterocycles. The van der Waals surface area contributed by atoms with Gasteiger partial charge in [0.1, 0.15) is 11.5 Å². The molecule has 0 aliphatic heterocycles. The van der Waals surface area contributed by atoms with Gasteiger partial charge in [-0.05, 0) is 44.5 Å². The Hall–Kier alpha value is -3.25. The Bertz CT molecular complexity index is 1090. The zero-order chi connectivity index (χ0) is 22.5. The Kier molecular flexibility index (Phi) is 7.02. The van der Waals surface area contributed by atoms with Gasteiger partial charge in [-0.1, -0.05) is 29.8 Å². The van der Waals surface area contributed by atoms with E-state index < -0.39 is 5.97 Å². The number of nitrogens with one attached hydrogen (secondary N) is 1. The maximum Gasteiger partial charge on any atom is 0.337 e. The average Bonchev–Trinajstić information content (AvgIpc) is 2.98. The molecule has 0 spiro atoms. The van der Waals surface area contributed by atoms with Crippen molar-refractivity contribution < 1.29 is 19.4 Å². The SMILES string of the molecule is COc1ccc(OC)c(CNCc2c(C(=O)O)c(C)n(Cc3cccc(C)c3)c2C)c1. The van der Waals surface area contributed by atoms with Gasteiger partial charge in [0, 0.05) is 42.1 Å². The van der Waals surface area contributed by atoms with Crippen LogP contribution in [0.2, 0.25) is 0 Å². The first-order valence-electron chi connectivity index (χ1n) is 10.2. The second-order valence-corrected chi connectivity index (χ2v) is 7.69. The molecule has 164 valence electrons. The minimum Gasteiger partial charge on any atom is -0.497 e. The number of carbonyl (C=O) groups is 1. The highest BCUT2D eigenvalue weighted by Gasteiger charge is 2.22. The van der Waals surface area contributed by atoms with Crippen LogP contribution in [0.3, 0.4) is 0 Å². The Morgan fingerprint density at radius 1 is 1.00 bits per heavy atom. The summed E-state index contributed by atoms with van der Waals surface area (Å²) in [5.41, 5.74) is 6.19. The van der Waals surface area contributed by atoms with Gasteiger partial charge in [0.25, 0.3) is 0 Å². The van der Waals surface area contributed by atoms with Gasteiger partial charge in [0.05, 0.1) is 19.8 Å². The topological polar surface area (TPSA) is 72.7 Å². The summed E-state index contributed by atoms with van der Waals surface area (Å²) in [4.78, 5) is 12.1. The normalized spacial score (nSPS) is 10.9. The van der Waals surface area contributed by atoms with Crippen LogP contribution < -0.4 is 14.8 Å². The van der Waals surface area contributed by atoms with Crippen molar-refractivity contribution in [3.05, 3.63) is 81.7 Å². The van der Waals surface area contributed by atoms with Gasteiger partial charge in [0.2, 0.25) is 0 Å². The van der Waals surface area contributed by atoms with Crippen LogP contribution in [0.15, 0.2) is 42.5 Å². The molecule has 0 bridgehead atoms. The summed E-state index contributed by atoms with van der Waals surface area (Å²) in [7, 11) is 3.26. The van der Waals surface area contributed by atoms with Crippen LogP contribution in [0.25, 0.3) is 0 Å². The molecule has 0 aliphatic carbocycles. The van der Waals surface area contributed by atoms with Crippen molar-refractivity contribution in [1.29, 1.82) is 0 Å². The van der Waals surface area contributed by atoms with E-state index >= 15 is 0 Å². The Labute approximate surface area is 183 Å². The monoisotopic (exact) mass is 422 g/mol. The van der Waals surface area contributed by atoms with Gasteiger partial charge in [-0.3, -0.25) is 0 Å². The second-order valence-electron chi connectivity index (χ2n) is 7.69. The maximum atomic E-state index is 12.1. The molecule has 0 saturated heterocycles. The number of methoxy groups -OCH3 is 2. The summed E-state index contributed by atoms with van der Waals surface area (Å²) < 4.78 is 12.8. The van der Waals surface area contributed by atoms with Gasteiger partial charge in [-0.15, -0.1) is 0 Å². The molecule has 0 amide bonds. The van der Waals surface area contributed by atoms with E-state index in [4.69, 9.17) is 9.47 Å². The first-order valence-corrected chi connectivity index (χ1v) is 10.2. The molecule has 3 rings (SSSR count). The Morgan fingerprint density at radius 3 is 2.42 bits per heavy atom. The van der Waals surface area contributed by atoms with Crippen molar-refractivity contribution in [3.8, 4) is 11.5 Å². The standard InChI is InChI=1S/C25H30N2O4/c1-16-7-6-8-19(11-16)15-27-17(2)22(24(18(27)3)25(28)29)14-26-13-20-12-21(30-4)9-10-23(20)31-5/h6-12,26H,13-15H2,1-5H3,(H,28,29). The van der Waals surface area contributed by atoms with E-state index in [2.05, 4.69) is 35.0 Å². The fraction of sp³-hybridized carbons (Fsp3) is 0.320. The van der Waals surface area contributed by atoms with Gasteiger partial charge in [0.15, 0.2) is 0 Å². The van der Waals surface area contributed by atoms with Crippen molar-refractivity contribution in [2.45, 2.75) is 40.4 Å². The molecule has 6 heteroatoms. The number of aromatic carboxylic acids is 1. The lowest BCUT2D eigenvalue weighted by Crippen LogP contribution is -2.16. The molecule has 0 aliphatic rings. The first-order chi connectivity index (χ1) is 14.8. The number of aryl methyl sites for hydroxylation is 1. The summed E-state index contributed by atoms with van der Waals surface area (Å²) in [6.07, 6.45) is 0. The third-order valence-corrected chi connectivity index (χ3v) is 5.65. The molecule has 2 aromatic carbocycles. The van der Waals surface area contributed by atoms with Crippen LogP contribution in [-0.2, 0) is 19.6 Å². The fourth-order valence-corrected chi connectivity index (χ4v) is 4.02. The highest BCUT2D eigenvalue weighted by atomic mass is 16.5. The number of ether oxygens (including phenoxy) is 2. The van der Waals surface area contributed by atoms with Crippen molar-refractivity contribution in [2.24, 2.45) is 0 Å². The van der Waals surface area contributed by atoms with Crippen LogP contribution in [0.1, 0.15) is 44.0 Å². The van der Waals surface area contributed by atoms with E-state index in [1.165, 1.54) is 5.56 Å². The lowest BCUT2D eigenvalue weighted by molar-refractivity contribution is 0.0694. The molecular formula is C25H30N2O4. The molecule has 0 atom stereocenters. The summed E-state index contributed by atoms with van der Waals surface area (Å²) in [6.45, 7) is 7.53. The largest absolute Gasteiger partial charge is 0.497 e. The average molecular weight is 423 g/mol. The van der Waals surface area contributed by atoms with Gasteiger partial charge in [-0.2, -0.15) is 0 Å². The molecule has 31 heavy (non-hydrogen) atoms. The summed E-state index contributed by atoms with van der Waals surface area (Å²) in [6, 6.07) is 13.9. The zero-order valence-electron chi connectivity index (χ0n) is 18.8. The third kappa shape index (κ3) is 4.91. The lowest BCUT2D eigenvalue weighted by atomic mass is 10.1. The summed E-state index contributed by atoms with van der Waals surface area (Å²) in [5, 5.41) is 13.3. The number of hydrogen-bond acceptors (Lipinski definition) is 4. The van der Waals surface area contributed by atoms with E-state index in [1.54, 1.807) is 14.2 Å². The minimum absolute atomic E-state index is 0.371. The lowest BCUT2D eigenvalue weighted by Gasteiger charge is -2.12. The van der Waals surface area contributed by atoms with Crippen molar-refractivity contribution in [3.63, 3.8) is 0 Å². The minimum atomic E-state index is -0.903. The van der Waals surface area contributed by atoms with Crippen molar-refractivity contribution >= 4 is 5.97 Å². The quantitative estimate of drug-likeness (QED) is 0.532. The molecule has 0 fully saturated rings. The van der Waals surface area contributed by atoms with Crippen LogP contribution in [-0.4, -0.2) is 29.9 Å². The molecule has 2 N–H and O–H groups in total. The predicted molar refractivity (Wildman–Crippen MR) is 121 cm³/mol. The first kappa shape index (κ1) is 22.4. The van der Waals surface area contributed by atoms with E-state index in [0.29, 0.717) is 25.2 Å². The summed E-state index contributed by atoms with van der Waals surface area (Å²) in [5.74, 6) is 0.608. The molecule has 0 saturated carbocycles. The van der Waals surface area contributed by atoms with Gasteiger partial charge in [-0.25, -0.2) is 4.79 Å². The Morgan fingerprint density at radius 2 is 1.77 bits per heavy atom. The molecule has 0 radical (unpaired) electrons. The van der Waals surface area contributed by atoms with E-state index in [0.717, 1.165) is 39.6 Å². The third-order valence-electron chi connectivity index (χ3n) is 5.65. The summed E-state index contributed by atoms with van der Waals surface area (Å²) >= 11 is 0. The predicted octanol–water partition coefficient (Wildman–Crippen LogP) is 4.47. The number of benzene rings is 2. The number of rotatable bonds is 9. The molecular weight excluding hydrogens is 392 g/mol. The number of nitrogens with zero attached hydrogens (tertiary/aromatic N) is 1. The van der Waals surface area contributed by atoms with Crippen LogP contribution in [0.4, 0.5) is 0 Å². The van der Waals surface area contributed by atoms with Crippen LogP contribution in [0, 0.1) is 20.8 Å². The molecule has 3 aromatic rings. The molecule has 1 heterocycles. The van der Waals surface area contributed by atoms with Crippen molar-refractivity contribution in [1.82, 2.24) is 9.88 Å². The second kappa shape index (κ2) is 9.71. The van der Waals surface area contributed by atoms with Crippen LogP contribution in [0.5, 0.6) is 11.5 Å². The van der Waals surface area contributed by atoms with E-state index in [1.807, 2.05) is 38.1 Å². The Balaban J connectivity index is 1.85. The van der Waals surface area contributed by atoms with Gasteiger partial charge < -0.3 is 24.5 Å². The fourth-order valence-electron chi connectivity index (χ4n) is 4.02. The molecule has 6 nitrogen and oxygen atoms in total. The smallest absolute Gasteiger partial charge is 0.337 e. The highest BCUT2D eigenvalue weighted by molar-refractivity contribution is 5.91. The highest BCUT2D eigenvalue weighted by Crippen LogP contribution is 2.26. The van der Waals surface area contributed by atoms with Crippen molar-refractivity contribution in [2.75, 3.05) is 14.2 Å². The maximum absolute atomic E-state index is 12.1.